The third kappa shape index (κ3) is 3.45. The molecular weight excluding hydrogens is 334 g/mol. The second kappa shape index (κ2) is 7.41. The van der Waals surface area contributed by atoms with Crippen molar-refractivity contribution >= 4 is 16.9 Å². The first-order valence-corrected chi connectivity index (χ1v) is 8.39. The molecule has 6 heteroatoms. The summed E-state index contributed by atoms with van der Waals surface area (Å²) in [6, 6.07) is 13.3. The number of quaternary nitrogens is 1. The zero-order chi connectivity index (χ0) is 18.7. The van der Waals surface area contributed by atoms with Gasteiger partial charge in [0.2, 0.25) is 0 Å². The fourth-order valence-electron chi connectivity index (χ4n) is 3.02. The molecule has 3 rings (SSSR count). The van der Waals surface area contributed by atoms with Crippen molar-refractivity contribution in [3.05, 3.63) is 64.5 Å². The Labute approximate surface area is 149 Å². The van der Waals surface area contributed by atoms with Crippen molar-refractivity contribution in [2.45, 2.75) is 25.9 Å². The fraction of sp³-hybridized carbons (Fsp3) is 0.200. The first kappa shape index (κ1) is 17.7. The third-order valence-corrected chi connectivity index (χ3v) is 4.42. The minimum absolute atomic E-state index is 0.0460. The molecule has 0 radical (unpaired) electrons. The number of hydrogen-bond acceptors (Lipinski definition) is 5. The Morgan fingerprint density at radius 3 is 2.62 bits per heavy atom. The van der Waals surface area contributed by atoms with Crippen molar-refractivity contribution in [2.24, 2.45) is 0 Å². The number of aromatic hydroxyl groups is 1. The normalized spacial score (nSPS) is 12.2. The lowest BCUT2D eigenvalue weighted by atomic mass is 9.99. The monoisotopic (exact) mass is 353 g/mol. The van der Waals surface area contributed by atoms with Gasteiger partial charge in [0.25, 0.3) is 0 Å². The SMILES string of the molecule is CCC([NH2+]Cc1c(O)ccc2c(-c3ccccc3)cc(=O)oc12)C(=O)[O-]. The molecule has 1 heterocycles. The van der Waals surface area contributed by atoms with Crippen molar-refractivity contribution in [3.63, 3.8) is 0 Å². The van der Waals surface area contributed by atoms with Crippen LogP contribution >= 0.6 is 0 Å². The summed E-state index contributed by atoms with van der Waals surface area (Å²) in [5, 5.41) is 23.6. The Morgan fingerprint density at radius 1 is 1.23 bits per heavy atom. The van der Waals surface area contributed by atoms with E-state index in [4.69, 9.17) is 4.42 Å². The van der Waals surface area contributed by atoms with Crippen LogP contribution in [0.2, 0.25) is 0 Å². The molecule has 0 spiro atoms. The van der Waals surface area contributed by atoms with Gasteiger partial charge in [-0.1, -0.05) is 37.3 Å². The molecule has 3 N–H and O–H groups in total. The van der Waals surface area contributed by atoms with Gasteiger partial charge in [-0.25, -0.2) is 4.79 Å². The van der Waals surface area contributed by atoms with E-state index in [9.17, 15) is 19.8 Å². The molecule has 1 atom stereocenters. The molecular formula is C20H19NO5. The molecule has 1 aromatic heterocycles. The summed E-state index contributed by atoms with van der Waals surface area (Å²) in [4.78, 5) is 23.2. The molecule has 0 amide bonds. The van der Waals surface area contributed by atoms with Crippen LogP contribution in [0.3, 0.4) is 0 Å². The molecule has 3 aromatic rings. The predicted octanol–water partition coefficient (Wildman–Crippen LogP) is 0.757. The number of fused-ring (bicyclic) bond motifs is 1. The summed E-state index contributed by atoms with van der Waals surface area (Å²) in [5.41, 5.74) is 1.67. The fourth-order valence-corrected chi connectivity index (χ4v) is 3.02. The predicted molar refractivity (Wildman–Crippen MR) is 94.3 cm³/mol. The maximum atomic E-state index is 12.1. The smallest absolute Gasteiger partial charge is 0.336 e. The molecule has 0 aliphatic heterocycles. The second-order valence-corrected chi connectivity index (χ2v) is 6.06. The number of phenols is 1. The Hall–Kier alpha value is -3.12. The van der Waals surface area contributed by atoms with Crippen molar-refractivity contribution < 1.29 is 24.7 Å². The van der Waals surface area contributed by atoms with Gasteiger partial charge in [0.15, 0.2) is 5.58 Å². The quantitative estimate of drug-likeness (QED) is 0.636. The zero-order valence-electron chi connectivity index (χ0n) is 14.3. The number of carbonyl (C=O) groups excluding carboxylic acids is 1. The van der Waals surface area contributed by atoms with Gasteiger partial charge in [0, 0.05) is 17.9 Å². The van der Waals surface area contributed by atoms with Gasteiger partial charge in [-0.05, 0) is 23.3 Å². The van der Waals surface area contributed by atoms with E-state index in [0.29, 0.717) is 22.9 Å². The van der Waals surface area contributed by atoms with Crippen LogP contribution < -0.4 is 16.0 Å². The highest BCUT2D eigenvalue weighted by Crippen LogP contribution is 2.32. The van der Waals surface area contributed by atoms with E-state index in [2.05, 4.69) is 0 Å². The molecule has 0 saturated carbocycles. The average Bonchev–Trinajstić information content (AvgIpc) is 2.63. The molecule has 0 aliphatic carbocycles. The molecule has 26 heavy (non-hydrogen) atoms. The van der Waals surface area contributed by atoms with Gasteiger partial charge < -0.3 is 24.7 Å². The number of carboxylic acid groups (broad SMARTS) is 1. The maximum Gasteiger partial charge on any atom is 0.336 e. The molecule has 2 aromatic carbocycles. The third-order valence-electron chi connectivity index (χ3n) is 4.42. The van der Waals surface area contributed by atoms with Crippen LogP contribution in [0.25, 0.3) is 22.1 Å². The number of aliphatic carboxylic acids is 1. The molecule has 0 saturated heterocycles. The van der Waals surface area contributed by atoms with E-state index in [0.717, 1.165) is 5.56 Å². The van der Waals surface area contributed by atoms with Gasteiger partial charge in [-0.3, -0.25) is 0 Å². The van der Waals surface area contributed by atoms with E-state index in [1.165, 1.54) is 12.1 Å². The lowest BCUT2D eigenvalue weighted by Crippen LogP contribution is -2.91. The van der Waals surface area contributed by atoms with E-state index < -0.39 is 17.6 Å². The van der Waals surface area contributed by atoms with Crippen LogP contribution in [0.1, 0.15) is 18.9 Å². The van der Waals surface area contributed by atoms with Gasteiger partial charge in [0.05, 0.1) is 11.5 Å². The highest BCUT2D eigenvalue weighted by molar-refractivity contribution is 5.95. The number of hydrogen-bond donors (Lipinski definition) is 2. The number of rotatable bonds is 6. The molecule has 134 valence electrons. The summed E-state index contributed by atoms with van der Waals surface area (Å²) in [6.45, 7) is 1.89. The Kier molecular flexibility index (Phi) is 5.04. The van der Waals surface area contributed by atoms with Crippen LogP contribution in [-0.2, 0) is 11.3 Å². The number of phenolic OH excluding ortho intramolecular Hbond substituents is 1. The van der Waals surface area contributed by atoms with E-state index in [-0.39, 0.29) is 17.9 Å². The van der Waals surface area contributed by atoms with Crippen molar-refractivity contribution in [3.8, 4) is 16.9 Å². The van der Waals surface area contributed by atoms with E-state index >= 15 is 0 Å². The summed E-state index contributed by atoms with van der Waals surface area (Å²) < 4.78 is 5.36. The van der Waals surface area contributed by atoms with Gasteiger partial charge in [-0.15, -0.1) is 0 Å². The molecule has 6 nitrogen and oxygen atoms in total. The van der Waals surface area contributed by atoms with Gasteiger partial charge in [-0.2, -0.15) is 0 Å². The van der Waals surface area contributed by atoms with E-state index in [1.807, 2.05) is 30.3 Å². The summed E-state index contributed by atoms with van der Waals surface area (Å²) in [6.07, 6.45) is 0.382. The van der Waals surface area contributed by atoms with Crippen LogP contribution in [-0.4, -0.2) is 17.1 Å². The summed E-state index contributed by atoms with van der Waals surface area (Å²) in [7, 11) is 0. The van der Waals surface area contributed by atoms with Crippen molar-refractivity contribution in [1.29, 1.82) is 0 Å². The number of nitrogens with two attached hydrogens (primary N) is 1. The minimum Gasteiger partial charge on any atom is -0.544 e. The van der Waals surface area contributed by atoms with E-state index in [1.54, 1.807) is 18.3 Å². The Morgan fingerprint density at radius 2 is 1.96 bits per heavy atom. The molecule has 0 aliphatic rings. The maximum absolute atomic E-state index is 12.1. The van der Waals surface area contributed by atoms with Gasteiger partial charge >= 0.3 is 5.63 Å². The zero-order valence-corrected chi connectivity index (χ0v) is 14.3. The standard InChI is InChI=1S/C20H19NO5/c1-2-16(20(24)25)21-11-15-17(22)9-8-13-14(10-18(23)26-19(13)15)12-6-4-3-5-7-12/h3-10,16,21-22H,2,11H2,1H3,(H,24,25). The molecule has 0 fully saturated rings. The minimum atomic E-state index is -1.17. The lowest BCUT2D eigenvalue weighted by molar-refractivity contribution is -0.698. The lowest BCUT2D eigenvalue weighted by Gasteiger charge is -2.16. The van der Waals surface area contributed by atoms with Crippen LogP contribution in [0.5, 0.6) is 5.75 Å². The summed E-state index contributed by atoms with van der Waals surface area (Å²) >= 11 is 0. The van der Waals surface area contributed by atoms with Crippen LogP contribution in [0.4, 0.5) is 0 Å². The average molecular weight is 353 g/mol. The highest BCUT2D eigenvalue weighted by Gasteiger charge is 2.18. The largest absolute Gasteiger partial charge is 0.544 e. The number of carboxylic acids is 1. The van der Waals surface area contributed by atoms with Crippen molar-refractivity contribution in [2.75, 3.05) is 0 Å². The topological polar surface area (TPSA) is 107 Å². The van der Waals surface area contributed by atoms with Crippen LogP contribution in [0, 0.1) is 0 Å². The molecule has 0 bridgehead atoms. The molecule has 1 unspecified atom stereocenters. The Bertz CT molecular complexity index is 994. The van der Waals surface area contributed by atoms with Gasteiger partial charge in [0.1, 0.15) is 18.3 Å². The van der Waals surface area contributed by atoms with Crippen LogP contribution in [0.15, 0.2) is 57.7 Å². The number of carbonyl (C=O) groups is 1. The first-order chi connectivity index (χ1) is 12.5. The Balaban J connectivity index is 2.12. The van der Waals surface area contributed by atoms with Crippen molar-refractivity contribution in [1.82, 2.24) is 0 Å². The first-order valence-electron chi connectivity index (χ1n) is 8.39. The highest BCUT2D eigenvalue weighted by atomic mass is 16.4. The second-order valence-electron chi connectivity index (χ2n) is 6.06. The summed E-state index contributed by atoms with van der Waals surface area (Å²) in [5.74, 6) is -1.21. The number of benzene rings is 2.